The standard InChI is InChI=1S/C7H10N4O/c1-11-5(12)4-10-7(11)6-8-2-3-9-6/h2-3,7,10H,4H2,1H3,(H,8,9). The molecule has 1 aliphatic rings. The van der Waals surface area contributed by atoms with E-state index >= 15 is 0 Å². The first-order valence-electron chi connectivity index (χ1n) is 3.77. The van der Waals surface area contributed by atoms with Gasteiger partial charge < -0.3 is 9.88 Å². The van der Waals surface area contributed by atoms with Gasteiger partial charge in [-0.3, -0.25) is 10.1 Å². The fraction of sp³-hybridized carbons (Fsp3) is 0.429. The number of nitrogens with one attached hydrogen (secondary N) is 2. The minimum atomic E-state index is -0.0903. The van der Waals surface area contributed by atoms with Crippen LogP contribution in [0.5, 0.6) is 0 Å². The molecule has 2 N–H and O–H groups in total. The van der Waals surface area contributed by atoms with E-state index < -0.39 is 0 Å². The van der Waals surface area contributed by atoms with Gasteiger partial charge >= 0.3 is 0 Å². The molecule has 1 amide bonds. The number of imidazole rings is 1. The first-order chi connectivity index (χ1) is 5.79. The van der Waals surface area contributed by atoms with Gasteiger partial charge in [0.2, 0.25) is 5.91 Å². The third-order valence-electron chi connectivity index (χ3n) is 2.01. The van der Waals surface area contributed by atoms with E-state index in [0.717, 1.165) is 5.82 Å². The van der Waals surface area contributed by atoms with Crippen LogP contribution in [0.4, 0.5) is 0 Å². The van der Waals surface area contributed by atoms with Crippen molar-refractivity contribution in [1.82, 2.24) is 20.2 Å². The summed E-state index contributed by atoms with van der Waals surface area (Å²) in [4.78, 5) is 19.8. The van der Waals surface area contributed by atoms with Gasteiger partial charge in [-0.05, 0) is 0 Å². The van der Waals surface area contributed by atoms with Crippen LogP contribution in [0.2, 0.25) is 0 Å². The number of hydrogen-bond donors (Lipinski definition) is 2. The fourth-order valence-electron chi connectivity index (χ4n) is 1.30. The number of nitrogens with zero attached hydrogens (tertiary/aromatic N) is 2. The van der Waals surface area contributed by atoms with Crippen molar-refractivity contribution in [3.05, 3.63) is 18.2 Å². The van der Waals surface area contributed by atoms with Crippen molar-refractivity contribution >= 4 is 5.91 Å². The van der Waals surface area contributed by atoms with Crippen LogP contribution in [-0.4, -0.2) is 34.4 Å². The van der Waals surface area contributed by atoms with E-state index in [2.05, 4.69) is 15.3 Å². The molecule has 0 spiro atoms. The number of carbonyl (C=O) groups is 1. The van der Waals surface area contributed by atoms with Gasteiger partial charge in [0, 0.05) is 19.4 Å². The molecule has 1 aliphatic heterocycles. The zero-order valence-corrected chi connectivity index (χ0v) is 6.74. The number of amides is 1. The van der Waals surface area contributed by atoms with Gasteiger partial charge in [0.25, 0.3) is 0 Å². The second-order valence-electron chi connectivity index (χ2n) is 2.76. The van der Waals surface area contributed by atoms with Gasteiger partial charge in [-0.25, -0.2) is 4.98 Å². The number of hydrogen-bond acceptors (Lipinski definition) is 3. The highest BCUT2D eigenvalue weighted by Crippen LogP contribution is 2.15. The Morgan fingerprint density at radius 3 is 3.08 bits per heavy atom. The molecule has 12 heavy (non-hydrogen) atoms. The first-order valence-corrected chi connectivity index (χ1v) is 3.77. The van der Waals surface area contributed by atoms with Crippen molar-refractivity contribution in [2.24, 2.45) is 0 Å². The maximum Gasteiger partial charge on any atom is 0.237 e. The van der Waals surface area contributed by atoms with E-state index in [1.807, 2.05) is 0 Å². The molecule has 1 unspecified atom stereocenters. The van der Waals surface area contributed by atoms with Gasteiger partial charge in [-0.15, -0.1) is 0 Å². The number of carbonyl (C=O) groups excluding carboxylic acids is 1. The van der Waals surface area contributed by atoms with Crippen molar-refractivity contribution in [2.45, 2.75) is 6.17 Å². The van der Waals surface area contributed by atoms with Gasteiger partial charge in [0.05, 0.1) is 6.54 Å². The highest BCUT2D eigenvalue weighted by Gasteiger charge is 2.29. The summed E-state index contributed by atoms with van der Waals surface area (Å²) in [5.41, 5.74) is 0. The molecule has 1 atom stereocenters. The Morgan fingerprint density at radius 1 is 1.75 bits per heavy atom. The molecule has 2 rings (SSSR count). The Labute approximate surface area is 69.8 Å². The lowest BCUT2D eigenvalue weighted by Crippen LogP contribution is -2.26. The zero-order valence-electron chi connectivity index (χ0n) is 6.74. The van der Waals surface area contributed by atoms with Crippen molar-refractivity contribution in [2.75, 3.05) is 13.6 Å². The monoisotopic (exact) mass is 166 g/mol. The predicted molar refractivity (Wildman–Crippen MR) is 42.1 cm³/mol. The SMILES string of the molecule is CN1C(=O)CNC1c1ncc[nH]1. The summed E-state index contributed by atoms with van der Waals surface area (Å²) < 4.78 is 0. The van der Waals surface area contributed by atoms with Crippen LogP contribution in [0.15, 0.2) is 12.4 Å². The van der Waals surface area contributed by atoms with E-state index in [9.17, 15) is 4.79 Å². The number of likely N-dealkylation sites (N-methyl/N-ethyl adjacent to an activating group) is 1. The lowest BCUT2D eigenvalue weighted by atomic mass is 10.4. The fourth-order valence-corrected chi connectivity index (χ4v) is 1.30. The average molecular weight is 166 g/mol. The van der Waals surface area contributed by atoms with Crippen LogP contribution >= 0.6 is 0 Å². The number of rotatable bonds is 1. The molecule has 1 aromatic rings. The van der Waals surface area contributed by atoms with Crippen molar-refractivity contribution < 1.29 is 4.79 Å². The van der Waals surface area contributed by atoms with E-state index in [4.69, 9.17) is 0 Å². The second-order valence-corrected chi connectivity index (χ2v) is 2.76. The minimum absolute atomic E-state index is 0.0903. The summed E-state index contributed by atoms with van der Waals surface area (Å²) in [7, 11) is 1.76. The molecule has 0 radical (unpaired) electrons. The van der Waals surface area contributed by atoms with Gasteiger partial charge in [-0.2, -0.15) is 0 Å². The van der Waals surface area contributed by atoms with E-state index in [1.165, 1.54) is 0 Å². The van der Waals surface area contributed by atoms with Crippen LogP contribution < -0.4 is 5.32 Å². The summed E-state index contributed by atoms with van der Waals surface area (Å²) in [6.07, 6.45) is 3.33. The zero-order chi connectivity index (χ0) is 8.55. The smallest absolute Gasteiger partial charge is 0.237 e. The molecular formula is C7H10N4O. The molecule has 0 aliphatic carbocycles. The van der Waals surface area contributed by atoms with Gasteiger partial charge in [0.1, 0.15) is 12.0 Å². The Balaban J connectivity index is 2.21. The molecule has 1 fully saturated rings. The second kappa shape index (κ2) is 2.60. The Hall–Kier alpha value is -1.36. The summed E-state index contributed by atoms with van der Waals surface area (Å²) in [6, 6.07) is 0. The van der Waals surface area contributed by atoms with Crippen molar-refractivity contribution in [3.63, 3.8) is 0 Å². The molecule has 0 aromatic carbocycles. The van der Waals surface area contributed by atoms with Crippen molar-refractivity contribution in [3.8, 4) is 0 Å². The lowest BCUT2D eigenvalue weighted by Gasteiger charge is -2.16. The van der Waals surface area contributed by atoms with E-state index in [-0.39, 0.29) is 12.1 Å². The van der Waals surface area contributed by atoms with Crippen LogP contribution in [0.3, 0.4) is 0 Å². The van der Waals surface area contributed by atoms with Crippen LogP contribution in [-0.2, 0) is 4.79 Å². The summed E-state index contributed by atoms with van der Waals surface area (Å²) in [5.74, 6) is 0.875. The Morgan fingerprint density at radius 2 is 2.58 bits per heavy atom. The number of aromatic nitrogens is 2. The molecule has 0 saturated carbocycles. The predicted octanol–water partition coefficient (Wildman–Crippen LogP) is -0.530. The van der Waals surface area contributed by atoms with E-state index in [0.29, 0.717) is 6.54 Å². The number of H-pyrrole nitrogens is 1. The quantitative estimate of drug-likeness (QED) is 0.589. The summed E-state index contributed by atoms with van der Waals surface area (Å²) >= 11 is 0. The normalized spacial score (nSPS) is 23.6. The largest absolute Gasteiger partial charge is 0.346 e. The molecule has 2 heterocycles. The van der Waals surface area contributed by atoms with E-state index in [1.54, 1.807) is 24.3 Å². The lowest BCUT2D eigenvalue weighted by molar-refractivity contribution is -0.126. The Kier molecular flexibility index (Phi) is 1.58. The third kappa shape index (κ3) is 0.984. The molecule has 5 heteroatoms. The summed E-state index contributed by atoms with van der Waals surface area (Å²) in [5, 5.41) is 3.04. The first kappa shape index (κ1) is 7.30. The highest BCUT2D eigenvalue weighted by molar-refractivity contribution is 5.80. The number of aromatic amines is 1. The van der Waals surface area contributed by atoms with Crippen LogP contribution in [0, 0.1) is 0 Å². The summed E-state index contributed by atoms with van der Waals surface area (Å²) in [6.45, 7) is 0.391. The highest BCUT2D eigenvalue weighted by atomic mass is 16.2. The maximum absolute atomic E-state index is 11.1. The molecule has 1 saturated heterocycles. The molecular weight excluding hydrogens is 156 g/mol. The minimum Gasteiger partial charge on any atom is -0.346 e. The van der Waals surface area contributed by atoms with Crippen LogP contribution in [0.25, 0.3) is 0 Å². The molecule has 64 valence electrons. The van der Waals surface area contributed by atoms with Crippen molar-refractivity contribution in [1.29, 1.82) is 0 Å². The average Bonchev–Trinajstić information content (AvgIpc) is 2.64. The Bertz CT molecular complexity index is 282. The van der Waals surface area contributed by atoms with Gasteiger partial charge in [0.15, 0.2) is 0 Å². The molecule has 5 nitrogen and oxygen atoms in total. The van der Waals surface area contributed by atoms with Crippen LogP contribution in [0.1, 0.15) is 12.0 Å². The maximum atomic E-state index is 11.1. The third-order valence-corrected chi connectivity index (χ3v) is 2.01. The van der Waals surface area contributed by atoms with Gasteiger partial charge in [-0.1, -0.05) is 0 Å². The molecule has 0 bridgehead atoms. The molecule has 1 aromatic heterocycles. The topological polar surface area (TPSA) is 61.0 Å².